The van der Waals surface area contributed by atoms with E-state index in [4.69, 9.17) is 15.6 Å². The zero-order chi connectivity index (χ0) is 14.6. The summed E-state index contributed by atoms with van der Waals surface area (Å²) in [6, 6.07) is 0. The van der Waals surface area contributed by atoms with Crippen LogP contribution in [0.4, 0.5) is 0 Å². The molecule has 0 spiro atoms. The van der Waals surface area contributed by atoms with Gasteiger partial charge < -0.3 is 20.9 Å². The minimum atomic E-state index is -1.08. The zero-order valence-electron chi connectivity index (χ0n) is 11.7. The Labute approximate surface area is 108 Å². The van der Waals surface area contributed by atoms with E-state index in [1.807, 2.05) is 0 Å². The predicted molar refractivity (Wildman–Crippen MR) is 68.1 cm³/mol. The van der Waals surface area contributed by atoms with Crippen molar-refractivity contribution in [3.05, 3.63) is 0 Å². The Morgan fingerprint density at radius 2 is 1.83 bits per heavy atom. The Morgan fingerprint density at radius 1 is 1.33 bits per heavy atom. The number of nitrogens with one attached hydrogen (secondary N) is 1. The van der Waals surface area contributed by atoms with E-state index in [9.17, 15) is 9.59 Å². The standard InChI is InChI=1S/C12H24N2O4/c1-11(2,10(16)17)12(3,4)14-9(15)6-8(7-13)18-5/h8H,6-7,13H2,1-5H3,(H,14,15)(H,16,17). The molecule has 1 amide bonds. The molecule has 0 aromatic rings. The van der Waals surface area contributed by atoms with E-state index in [2.05, 4.69) is 5.32 Å². The van der Waals surface area contributed by atoms with Crippen LogP contribution in [0.25, 0.3) is 0 Å². The molecule has 1 atom stereocenters. The van der Waals surface area contributed by atoms with Crippen LogP contribution in [0.15, 0.2) is 0 Å². The quantitative estimate of drug-likeness (QED) is 0.613. The topological polar surface area (TPSA) is 102 Å². The first-order valence-corrected chi connectivity index (χ1v) is 5.85. The van der Waals surface area contributed by atoms with Crippen molar-refractivity contribution in [2.45, 2.75) is 45.8 Å². The number of hydrogen-bond donors (Lipinski definition) is 3. The van der Waals surface area contributed by atoms with E-state index in [-0.39, 0.29) is 25.0 Å². The van der Waals surface area contributed by atoms with E-state index < -0.39 is 16.9 Å². The third-order valence-electron chi connectivity index (χ3n) is 3.56. The fraction of sp³-hybridized carbons (Fsp3) is 0.833. The van der Waals surface area contributed by atoms with Crippen molar-refractivity contribution in [2.24, 2.45) is 11.1 Å². The van der Waals surface area contributed by atoms with E-state index in [0.29, 0.717) is 0 Å². The van der Waals surface area contributed by atoms with E-state index >= 15 is 0 Å². The minimum absolute atomic E-state index is 0.117. The maximum atomic E-state index is 11.8. The van der Waals surface area contributed by atoms with Crippen molar-refractivity contribution in [1.29, 1.82) is 0 Å². The molecule has 4 N–H and O–H groups in total. The van der Waals surface area contributed by atoms with Crippen molar-refractivity contribution >= 4 is 11.9 Å². The third kappa shape index (κ3) is 3.96. The molecule has 0 aliphatic heterocycles. The number of carboxylic acids is 1. The molecule has 0 saturated carbocycles. The van der Waals surface area contributed by atoms with Gasteiger partial charge in [-0.2, -0.15) is 0 Å². The first-order chi connectivity index (χ1) is 8.08. The lowest BCUT2D eigenvalue weighted by Crippen LogP contribution is -2.57. The van der Waals surface area contributed by atoms with Crippen LogP contribution in [0.1, 0.15) is 34.1 Å². The number of nitrogens with two attached hydrogens (primary N) is 1. The van der Waals surface area contributed by atoms with Gasteiger partial charge >= 0.3 is 5.97 Å². The van der Waals surface area contributed by atoms with Gasteiger partial charge in [0.25, 0.3) is 0 Å². The van der Waals surface area contributed by atoms with E-state index in [1.54, 1.807) is 27.7 Å². The van der Waals surface area contributed by atoms with Gasteiger partial charge in [-0.25, -0.2) is 0 Å². The first kappa shape index (κ1) is 16.9. The van der Waals surface area contributed by atoms with Gasteiger partial charge in [-0.05, 0) is 27.7 Å². The van der Waals surface area contributed by atoms with Crippen LogP contribution < -0.4 is 11.1 Å². The molecular weight excluding hydrogens is 236 g/mol. The number of rotatable bonds is 7. The molecular formula is C12H24N2O4. The summed E-state index contributed by atoms with van der Waals surface area (Å²) in [4.78, 5) is 23.0. The number of ether oxygens (including phenoxy) is 1. The summed E-state index contributed by atoms with van der Waals surface area (Å²) < 4.78 is 5.02. The Hall–Kier alpha value is -1.14. The molecule has 6 heteroatoms. The molecule has 0 aromatic carbocycles. The average Bonchev–Trinajstić information content (AvgIpc) is 2.24. The number of methoxy groups -OCH3 is 1. The van der Waals surface area contributed by atoms with Crippen LogP contribution in [0.2, 0.25) is 0 Å². The largest absolute Gasteiger partial charge is 0.481 e. The van der Waals surface area contributed by atoms with Gasteiger partial charge in [-0.1, -0.05) is 0 Å². The average molecular weight is 260 g/mol. The Balaban J connectivity index is 4.68. The maximum Gasteiger partial charge on any atom is 0.311 e. The van der Waals surface area contributed by atoms with Crippen LogP contribution in [0.5, 0.6) is 0 Å². The highest BCUT2D eigenvalue weighted by molar-refractivity contribution is 5.80. The summed E-state index contributed by atoms with van der Waals surface area (Å²) in [5.41, 5.74) is 3.48. The molecule has 0 heterocycles. The van der Waals surface area contributed by atoms with Gasteiger partial charge in [0, 0.05) is 19.2 Å². The van der Waals surface area contributed by atoms with Crippen molar-refractivity contribution < 1.29 is 19.4 Å². The van der Waals surface area contributed by atoms with Gasteiger partial charge in [0.1, 0.15) is 0 Å². The Bertz CT molecular complexity index is 309. The first-order valence-electron chi connectivity index (χ1n) is 5.85. The van der Waals surface area contributed by atoms with Crippen LogP contribution in [-0.2, 0) is 14.3 Å². The van der Waals surface area contributed by atoms with Gasteiger partial charge in [-0.3, -0.25) is 9.59 Å². The molecule has 0 aromatic heterocycles. The monoisotopic (exact) mass is 260 g/mol. The molecule has 106 valence electrons. The third-order valence-corrected chi connectivity index (χ3v) is 3.56. The molecule has 0 bridgehead atoms. The summed E-state index contributed by atoms with van der Waals surface area (Å²) in [5.74, 6) is -1.23. The Kier molecular flexibility index (Phi) is 5.76. The summed E-state index contributed by atoms with van der Waals surface area (Å²) in [5, 5.41) is 11.9. The summed E-state index contributed by atoms with van der Waals surface area (Å²) in [7, 11) is 1.48. The van der Waals surface area contributed by atoms with Crippen LogP contribution in [-0.4, -0.2) is 42.3 Å². The molecule has 0 aliphatic rings. The number of carboxylic acid groups (broad SMARTS) is 1. The highest BCUT2D eigenvalue weighted by Gasteiger charge is 2.44. The fourth-order valence-electron chi connectivity index (χ4n) is 1.29. The molecule has 0 fully saturated rings. The van der Waals surface area contributed by atoms with Gasteiger partial charge in [0.05, 0.1) is 17.9 Å². The summed E-state index contributed by atoms with van der Waals surface area (Å²) >= 11 is 0. The molecule has 0 rings (SSSR count). The molecule has 1 unspecified atom stereocenters. The highest BCUT2D eigenvalue weighted by atomic mass is 16.5. The van der Waals surface area contributed by atoms with Crippen molar-refractivity contribution in [2.75, 3.05) is 13.7 Å². The molecule has 18 heavy (non-hydrogen) atoms. The summed E-state index contributed by atoms with van der Waals surface area (Å²) in [6.07, 6.45) is -0.236. The second kappa shape index (κ2) is 6.15. The molecule has 0 aliphatic carbocycles. The van der Waals surface area contributed by atoms with Crippen LogP contribution >= 0.6 is 0 Å². The number of carbonyl (C=O) groups excluding carboxylic acids is 1. The predicted octanol–water partition coefficient (Wildman–Crippen LogP) is 0.356. The minimum Gasteiger partial charge on any atom is -0.481 e. The SMILES string of the molecule is COC(CN)CC(=O)NC(C)(C)C(C)(C)C(=O)O. The van der Waals surface area contributed by atoms with E-state index in [0.717, 1.165) is 0 Å². The van der Waals surface area contributed by atoms with Gasteiger partial charge in [0.2, 0.25) is 5.91 Å². The smallest absolute Gasteiger partial charge is 0.311 e. The number of amides is 1. The summed E-state index contributed by atoms with van der Waals surface area (Å²) in [6.45, 7) is 6.76. The second-order valence-electron chi connectivity index (χ2n) is 5.40. The molecule has 6 nitrogen and oxygen atoms in total. The molecule has 0 saturated heterocycles. The van der Waals surface area contributed by atoms with Crippen molar-refractivity contribution in [3.8, 4) is 0 Å². The zero-order valence-corrected chi connectivity index (χ0v) is 11.7. The normalized spacial score (nSPS) is 14.1. The van der Waals surface area contributed by atoms with E-state index in [1.165, 1.54) is 7.11 Å². The van der Waals surface area contributed by atoms with Crippen LogP contribution in [0.3, 0.4) is 0 Å². The number of hydrogen-bond acceptors (Lipinski definition) is 4. The van der Waals surface area contributed by atoms with Crippen molar-refractivity contribution in [1.82, 2.24) is 5.32 Å². The lowest BCUT2D eigenvalue weighted by atomic mass is 9.74. The highest BCUT2D eigenvalue weighted by Crippen LogP contribution is 2.30. The van der Waals surface area contributed by atoms with Crippen LogP contribution in [0, 0.1) is 5.41 Å². The lowest BCUT2D eigenvalue weighted by Gasteiger charge is -2.39. The number of carbonyl (C=O) groups is 2. The van der Waals surface area contributed by atoms with Crippen molar-refractivity contribution in [3.63, 3.8) is 0 Å². The maximum absolute atomic E-state index is 11.8. The van der Waals surface area contributed by atoms with Gasteiger partial charge in [-0.15, -0.1) is 0 Å². The number of aliphatic carboxylic acids is 1. The molecule has 0 radical (unpaired) electrons. The van der Waals surface area contributed by atoms with Gasteiger partial charge in [0.15, 0.2) is 0 Å². The second-order valence-corrected chi connectivity index (χ2v) is 5.40. The lowest BCUT2D eigenvalue weighted by molar-refractivity contribution is -0.151. The Morgan fingerprint density at radius 3 is 2.17 bits per heavy atom. The fourth-order valence-corrected chi connectivity index (χ4v) is 1.29.